The second-order valence-corrected chi connectivity index (χ2v) is 9.26. The van der Waals surface area contributed by atoms with E-state index in [2.05, 4.69) is 39.7 Å². The molecule has 0 atom stereocenters. The van der Waals surface area contributed by atoms with Gasteiger partial charge in [-0.1, -0.05) is 12.1 Å². The number of likely N-dealkylation sites (N-methyl/N-ethyl adjacent to an activating group) is 1. The van der Waals surface area contributed by atoms with E-state index in [0.717, 1.165) is 63.9 Å². The molecular weight excluding hydrogens is 404 g/mol. The number of nitrogens with zero attached hydrogens (tertiary/aromatic N) is 3. The number of hydrogen-bond acceptors (Lipinski definition) is 5. The quantitative estimate of drug-likeness (QED) is 0.421. The average Bonchev–Trinajstić information content (AvgIpc) is 2.92. The molecule has 0 unspecified atom stereocenters. The van der Waals surface area contributed by atoms with Crippen LogP contribution in [0.4, 0.5) is 10.5 Å². The molecule has 1 aromatic carbocycles. The SMILES string of the molecule is CCNC(=NCCN1CCCN(C)CC1)NCCc1ccc(NC(=O)OC(C)(C)C)cc1. The summed E-state index contributed by atoms with van der Waals surface area (Å²) in [6.45, 7) is 15.6. The van der Waals surface area contributed by atoms with Crippen LogP contribution in [-0.2, 0) is 11.2 Å². The molecule has 0 radical (unpaired) electrons. The first-order valence-electron chi connectivity index (χ1n) is 11.8. The van der Waals surface area contributed by atoms with Crippen LogP contribution >= 0.6 is 0 Å². The van der Waals surface area contributed by atoms with Gasteiger partial charge in [0, 0.05) is 38.4 Å². The van der Waals surface area contributed by atoms with E-state index in [0.29, 0.717) is 0 Å². The third-order valence-corrected chi connectivity index (χ3v) is 5.15. The van der Waals surface area contributed by atoms with Crippen molar-refractivity contribution in [2.75, 3.05) is 64.7 Å². The summed E-state index contributed by atoms with van der Waals surface area (Å²) in [7, 11) is 2.19. The molecule has 2 rings (SSSR count). The maximum atomic E-state index is 11.9. The zero-order valence-electron chi connectivity index (χ0n) is 20.5. The molecule has 180 valence electrons. The molecule has 8 nitrogen and oxygen atoms in total. The van der Waals surface area contributed by atoms with Gasteiger partial charge in [0.25, 0.3) is 0 Å². The largest absolute Gasteiger partial charge is 0.444 e. The summed E-state index contributed by atoms with van der Waals surface area (Å²) < 4.78 is 5.28. The number of guanidine groups is 1. The molecule has 1 aromatic rings. The third kappa shape index (κ3) is 10.8. The number of nitrogens with one attached hydrogen (secondary N) is 3. The Kier molecular flexibility index (Phi) is 10.8. The van der Waals surface area contributed by atoms with Crippen LogP contribution in [0, 0.1) is 0 Å². The van der Waals surface area contributed by atoms with Gasteiger partial charge in [-0.05, 0) is 78.4 Å². The topological polar surface area (TPSA) is 81.2 Å². The van der Waals surface area contributed by atoms with E-state index < -0.39 is 11.7 Å². The zero-order chi connectivity index (χ0) is 23.4. The molecule has 1 aliphatic heterocycles. The number of rotatable bonds is 8. The van der Waals surface area contributed by atoms with Crippen LogP contribution in [0.15, 0.2) is 29.3 Å². The lowest BCUT2D eigenvalue weighted by Gasteiger charge is -2.19. The normalized spacial score (nSPS) is 16.3. The molecule has 0 aromatic heterocycles. The van der Waals surface area contributed by atoms with Crippen molar-refractivity contribution in [3.63, 3.8) is 0 Å². The first-order chi connectivity index (χ1) is 15.2. The highest BCUT2D eigenvalue weighted by atomic mass is 16.6. The number of carbonyl (C=O) groups excluding carboxylic acids is 1. The van der Waals surface area contributed by atoms with Crippen LogP contribution in [0.25, 0.3) is 0 Å². The lowest BCUT2D eigenvalue weighted by Crippen LogP contribution is -2.39. The fraction of sp³-hybridized carbons (Fsp3) is 0.667. The minimum Gasteiger partial charge on any atom is -0.444 e. The van der Waals surface area contributed by atoms with Crippen molar-refractivity contribution >= 4 is 17.7 Å². The first-order valence-corrected chi connectivity index (χ1v) is 11.8. The Bertz CT molecular complexity index is 714. The van der Waals surface area contributed by atoms with E-state index in [1.807, 2.05) is 45.0 Å². The molecule has 0 aliphatic carbocycles. The number of anilines is 1. The number of hydrogen-bond donors (Lipinski definition) is 3. The monoisotopic (exact) mass is 446 g/mol. The Morgan fingerprint density at radius 3 is 2.53 bits per heavy atom. The van der Waals surface area contributed by atoms with E-state index in [1.54, 1.807) is 0 Å². The number of amides is 1. The second-order valence-electron chi connectivity index (χ2n) is 9.26. The number of ether oxygens (including phenoxy) is 1. The van der Waals surface area contributed by atoms with Crippen LogP contribution in [0.1, 0.15) is 39.7 Å². The van der Waals surface area contributed by atoms with Gasteiger partial charge in [0.05, 0.1) is 6.54 Å². The van der Waals surface area contributed by atoms with E-state index in [9.17, 15) is 4.79 Å². The predicted molar refractivity (Wildman–Crippen MR) is 133 cm³/mol. The first kappa shape index (κ1) is 25.9. The standard InChI is InChI=1S/C24H42N6O2/c1-6-25-22(27-14-17-30-16-7-15-29(5)18-19-30)26-13-12-20-8-10-21(11-9-20)28-23(31)32-24(2,3)4/h8-11H,6-7,12-19H2,1-5H3,(H,28,31)(H2,25,26,27). The van der Waals surface area contributed by atoms with Crippen molar-refractivity contribution in [1.29, 1.82) is 0 Å². The fourth-order valence-electron chi connectivity index (χ4n) is 3.47. The summed E-state index contributed by atoms with van der Waals surface area (Å²) in [5.74, 6) is 0.864. The van der Waals surface area contributed by atoms with Gasteiger partial charge < -0.3 is 25.2 Å². The molecule has 1 amide bonds. The van der Waals surface area contributed by atoms with Crippen molar-refractivity contribution in [2.45, 2.75) is 46.1 Å². The molecule has 1 saturated heterocycles. The Labute approximate surface area is 193 Å². The van der Waals surface area contributed by atoms with E-state index in [4.69, 9.17) is 9.73 Å². The van der Waals surface area contributed by atoms with Gasteiger partial charge in [-0.3, -0.25) is 10.3 Å². The maximum Gasteiger partial charge on any atom is 0.412 e. The van der Waals surface area contributed by atoms with Gasteiger partial charge in [-0.2, -0.15) is 0 Å². The zero-order valence-corrected chi connectivity index (χ0v) is 20.5. The van der Waals surface area contributed by atoms with E-state index in [-0.39, 0.29) is 0 Å². The van der Waals surface area contributed by atoms with Crippen molar-refractivity contribution in [2.24, 2.45) is 4.99 Å². The second kappa shape index (κ2) is 13.3. The fourth-order valence-corrected chi connectivity index (χ4v) is 3.47. The summed E-state index contributed by atoms with van der Waals surface area (Å²) >= 11 is 0. The Balaban J connectivity index is 1.74. The van der Waals surface area contributed by atoms with Crippen LogP contribution in [0.3, 0.4) is 0 Å². The molecular formula is C24H42N6O2. The summed E-state index contributed by atoms with van der Waals surface area (Å²) in [5.41, 5.74) is 1.41. The number of benzene rings is 1. The van der Waals surface area contributed by atoms with Gasteiger partial charge in [-0.15, -0.1) is 0 Å². The molecule has 1 heterocycles. The highest BCUT2D eigenvalue weighted by molar-refractivity contribution is 5.84. The molecule has 1 fully saturated rings. The van der Waals surface area contributed by atoms with Crippen molar-refractivity contribution < 1.29 is 9.53 Å². The smallest absolute Gasteiger partial charge is 0.412 e. The van der Waals surface area contributed by atoms with Gasteiger partial charge in [-0.25, -0.2) is 4.79 Å². The van der Waals surface area contributed by atoms with Crippen molar-refractivity contribution in [3.05, 3.63) is 29.8 Å². The number of aliphatic imine (C=N–C) groups is 1. The lowest BCUT2D eigenvalue weighted by molar-refractivity contribution is 0.0636. The Morgan fingerprint density at radius 1 is 1.09 bits per heavy atom. The van der Waals surface area contributed by atoms with Crippen molar-refractivity contribution in [3.8, 4) is 0 Å². The van der Waals surface area contributed by atoms with E-state index >= 15 is 0 Å². The summed E-state index contributed by atoms with van der Waals surface area (Å²) in [6, 6.07) is 7.85. The minimum atomic E-state index is -0.509. The highest BCUT2D eigenvalue weighted by Gasteiger charge is 2.16. The third-order valence-electron chi connectivity index (χ3n) is 5.15. The van der Waals surface area contributed by atoms with Gasteiger partial charge in [0.1, 0.15) is 5.60 Å². The molecule has 1 aliphatic rings. The van der Waals surface area contributed by atoms with Gasteiger partial charge in [0.2, 0.25) is 0 Å². The number of carbonyl (C=O) groups is 1. The van der Waals surface area contributed by atoms with E-state index in [1.165, 1.54) is 18.5 Å². The van der Waals surface area contributed by atoms with Gasteiger partial charge >= 0.3 is 6.09 Å². The van der Waals surface area contributed by atoms with Crippen LogP contribution in [0.2, 0.25) is 0 Å². The Hall–Kier alpha value is -2.32. The molecule has 3 N–H and O–H groups in total. The molecule has 0 spiro atoms. The van der Waals surface area contributed by atoms with Crippen LogP contribution < -0.4 is 16.0 Å². The van der Waals surface area contributed by atoms with Crippen LogP contribution in [-0.4, -0.2) is 86.9 Å². The van der Waals surface area contributed by atoms with Crippen LogP contribution in [0.5, 0.6) is 0 Å². The highest BCUT2D eigenvalue weighted by Crippen LogP contribution is 2.13. The lowest BCUT2D eigenvalue weighted by atomic mass is 10.1. The molecule has 0 saturated carbocycles. The predicted octanol–water partition coefficient (Wildman–Crippen LogP) is 2.77. The molecule has 8 heteroatoms. The Morgan fingerprint density at radius 2 is 1.84 bits per heavy atom. The molecule has 32 heavy (non-hydrogen) atoms. The summed E-state index contributed by atoms with van der Waals surface area (Å²) in [4.78, 5) is 21.5. The maximum absolute atomic E-state index is 11.9. The summed E-state index contributed by atoms with van der Waals surface area (Å²) in [6.07, 6.45) is 1.66. The average molecular weight is 447 g/mol. The minimum absolute atomic E-state index is 0.439. The van der Waals surface area contributed by atoms with Gasteiger partial charge in [0.15, 0.2) is 5.96 Å². The summed E-state index contributed by atoms with van der Waals surface area (Å²) in [5, 5.41) is 9.51. The van der Waals surface area contributed by atoms with Crippen molar-refractivity contribution in [1.82, 2.24) is 20.4 Å². The molecule has 0 bridgehead atoms.